The standard InChI is InChI=1S/C14H13Br2NOS/c1-17-13(12-7-10(15)14(16)19-12)9-2-3-11-8(6-9)4-5-18-11/h2-3,6-7,13,17H,4-5H2,1H3. The van der Waals surface area contributed by atoms with E-state index in [-0.39, 0.29) is 6.04 Å². The summed E-state index contributed by atoms with van der Waals surface area (Å²) in [6, 6.07) is 8.87. The largest absolute Gasteiger partial charge is 0.493 e. The van der Waals surface area contributed by atoms with E-state index in [2.05, 4.69) is 61.4 Å². The normalized spacial score (nSPS) is 15.1. The number of hydrogen-bond acceptors (Lipinski definition) is 3. The third-order valence-corrected chi connectivity index (χ3v) is 6.61. The molecule has 3 rings (SSSR count). The van der Waals surface area contributed by atoms with Gasteiger partial charge in [-0.2, -0.15) is 0 Å². The quantitative estimate of drug-likeness (QED) is 0.814. The summed E-state index contributed by atoms with van der Waals surface area (Å²) in [7, 11) is 2.00. The molecule has 0 saturated carbocycles. The zero-order valence-corrected chi connectivity index (χ0v) is 14.4. The van der Waals surface area contributed by atoms with Crippen molar-refractivity contribution in [3.63, 3.8) is 0 Å². The average molecular weight is 403 g/mol. The number of fused-ring (bicyclic) bond motifs is 1. The van der Waals surface area contributed by atoms with Crippen LogP contribution in [0.4, 0.5) is 0 Å². The SMILES string of the molecule is CNC(c1ccc2c(c1)CCO2)c1cc(Br)c(Br)s1. The maximum Gasteiger partial charge on any atom is 0.122 e. The highest BCUT2D eigenvalue weighted by Crippen LogP contribution is 2.38. The molecule has 0 amide bonds. The molecule has 0 fully saturated rings. The average Bonchev–Trinajstić information content (AvgIpc) is 2.98. The second-order valence-electron chi connectivity index (χ2n) is 4.46. The van der Waals surface area contributed by atoms with Crippen molar-refractivity contribution in [2.75, 3.05) is 13.7 Å². The van der Waals surface area contributed by atoms with Gasteiger partial charge in [-0.3, -0.25) is 0 Å². The minimum Gasteiger partial charge on any atom is -0.493 e. The van der Waals surface area contributed by atoms with Crippen LogP contribution in [0.15, 0.2) is 32.5 Å². The molecule has 1 aromatic carbocycles. The Bertz CT molecular complexity index is 592. The molecule has 5 heteroatoms. The van der Waals surface area contributed by atoms with Crippen LogP contribution in [0.2, 0.25) is 0 Å². The molecule has 0 bridgehead atoms. The maximum atomic E-state index is 5.56. The number of nitrogens with one attached hydrogen (secondary N) is 1. The van der Waals surface area contributed by atoms with Crippen LogP contribution < -0.4 is 10.1 Å². The Morgan fingerprint density at radius 3 is 2.84 bits per heavy atom. The van der Waals surface area contributed by atoms with Crippen molar-refractivity contribution in [3.05, 3.63) is 48.5 Å². The van der Waals surface area contributed by atoms with Crippen molar-refractivity contribution in [1.29, 1.82) is 0 Å². The van der Waals surface area contributed by atoms with Gasteiger partial charge >= 0.3 is 0 Å². The zero-order chi connectivity index (χ0) is 13.4. The third kappa shape index (κ3) is 2.61. The van der Waals surface area contributed by atoms with Gasteiger partial charge in [-0.1, -0.05) is 12.1 Å². The number of thiophene rings is 1. The van der Waals surface area contributed by atoms with E-state index in [1.807, 2.05) is 7.05 Å². The van der Waals surface area contributed by atoms with E-state index in [0.29, 0.717) is 0 Å². The molecule has 0 aliphatic carbocycles. The Morgan fingerprint density at radius 2 is 2.16 bits per heavy atom. The lowest BCUT2D eigenvalue weighted by Crippen LogP contribution is -2.16. The molecule has 0 spiro atoms. The smallest absolute Gasteiger partial charge is 0.122 e. The number of benzene rings is 1. The van der Waals surface area contributed by atoms with Crippen molar-refractivity contribution in [1.82, 2.24) is 5.32 Å². The lowest BCUT2D eigenvalue weighted by Gasteiger charge is -2.15. The molecule has 100 valence electrons. The number of ether oxygens (including phenoxy) is 1. The van der Waals surface area contributed by atoms with Gasteiger partial charge in [0.15, 0.2) is 0 Å². The zero-order valence-electron chi connectivity index (χ0n) is 10.4. The lowest BCUT2D eigenvalue weighted by molar-refractivity contribution is 0.357. The molecule has 1 aromatic heterocycles. The second kappa shape index (κ2) is 5.56. The van der Waals surface area contributed by atoms with Gasteiger partial charge in [0.25, 0.3) is 0 Å². The highest BCUT2D eigenvalue weighted by atomic mass is 79.9. The van der Waals surface area contributed by atoms with Crippen LogP contribution in [-0.2, 0) is 6.42 Å². The van der Waals surface area contributed by atoms with Crippen LogP contribution >= 0.6 is 43.2 Å². The van der Waals surface area contributed by atoms with Crippen molar-refractivity contribution >= 4 is 43.2 Å². The Labute approximate surface area is 133 Å². The van der Waals surface area contributed by atoms with Gasteiger partial charge in [0.2, 0.25) is 0 Å². The van der Waals surface area contributed by atoms with E-state index in [1.165, 1.54) is 16.0 Å². The molecular formula is C14H13Br2NOS. The Morgan fingerprint density at radius 1 is 1.32 bits per heavy atom. The van der Waals surface area contributed by atoms with Crippen LogP contribution in [-0.4, -0.2) is 13.7 Å². The molecule has 0 saturated heterocycles. The summed E-state index contributed by atoms with van der Waals surface area (Å²) >= 11 is 8.86. The molecule has 2 nitrogen and oxygen atoms in total. The Hall–Kier alpha value is -0.360. The predicted octanol–water partition coefficient (Wildman–Crippen LogP) is 4.52. The number of rotatable bonds is 3. The third-order valence-electron chi connectivity index (χ3n) is 3.28. The minimum atomic E-state index is 0.221. The summed E-state index contributed by atoms with van der Waals surface area (Å²) in [5.41, 5.74) is 2.60. The van der Waals surface area contributed by atoms with Crippen LogP contribution in [0.5, 0.6) is 5.75 Å². The van der Waals surface area contributed by atoms with E-state index in [0.717, 1.165) is 27.0 Å². The van der Waals surface area contributed by atoms with E-state index in [4.69, 9.17) is 4.74 Å². The predicted molar refractivity (Wildman–Crippen MR) is 86.3 cm³/mol. The van der Waals surface area contributed by atoms with Gasteiger partial charge in [0.05, 0.1) is 16.4 Å². The first-order chi connectivity index (χ1) is 9.19. The van der Waals surface area contributed by atoms with E-state index < -0.39 is 0 Å². The summed E-state index contributed by atoms with van der Waals surface area (Å²) in [6.45, 7) is 0.805. The second-order valence-corrected chi connectivity index (χ2v) is 7.71. The fourth-order valence-electron chi connectivity index (χ4n) is 2.36. The molecule has 19 heavy (non-hydrogen) atoms. The molecule has 0 radical (unpaired) electrons. The van der Waals surface area contributed by atoms with Crippen LogP contribution in [0.3, 0.4) is 0 Å². The van der Waals surface area contributed by atoms with E-state index in [1.54, 1.807) is 11.3 Å². The molecule has 2 heterocycles. The van der Waals surface area contributed by atoms with Crippen molar-refractivity contribution < 1.29 is 4.74 Å². The van der Waals surface area contributed by atoms with Gasteiger partial charge in [0.1, 0.15) is 5.75 Å². The highest BCUT2D eigenvalue weighted by molar-refractivity contribution is 9.13. The van der Waals surface area contributed by atoms with Crippen molar-refractivity contribution in [3.8, 4) is 5.75 Å². The first kappa shape index (κ1) is 13.6. The Balaban J connectivity index is 1.98. The monoisotopic (exact) mass is 401 g/mol. The maximum absolute atomic E-state index is 5.56. The summed E-state index contributed by atoms with van der Waals surface area (Å²) in [6.07, 6.45) is 1.01. The molecule has 1 unspecified atom stereocenters. The molecule has 1 aliphatic rings. The molecule has 1 N–H and O–H groups in total. The van der Waals surface area contributed by atoms with Crippen molar-refractivity contribution in [2.45, 2.75) is 12.5 Å². The summed E-state index contributed by atoms with van der Waals surface area (Å²) in [4.78, 5) is 1.29. The van der Waals surface area contributed by atoms with Crippen LogP contribution in [0.25, 0.3) is 0 Å². The van der Waals surface area contributed by atoms with Crippen LogP contribution in [0.1, 0.15) is 22.0 Å². The molecule has 1 aliphatic heterocycles. The van der Waals surface area contributed by atoms with Crippen molar-refractivity contribution in [2.24, 2.45) is 0 Å². The molecule has 2 aromatic rings. The number of halogens is 2. The van der Waals surface area contributed by atoms with E-state index in [9.17, 15) is 0 Å². The Kier molecular flexibility index (Phi) is 3.98. The van der Waals surface area contributed by atoms with Gasteiger partial charge in [-0.05, 0) is 62.2 Å². The van der Waals surface area contributed by atoms with Crippen LogP contribution in [0, 0.1) is 0 Å². The summed E-state index contributed by atoms with van der Waals surface area (Å²) < 4.78 is 7.80. The topological polar surface area (TPSA) is 21.3 Å². The highest BCUT2D eigenvalue weighted by Gasteiger charge is 2.19. The summed E-state index contributed by atoms with van der Waals surface area (Å²) in [5.74, 6) is 1.03. The van der Waals surface area contributed by atoms with Gasteiger partial charge in [-0.25, -0.2) is 0 Å². The fourth-order valence-corrected chi connectivity index (χ4v) is 4.59. The minimum absolute atomic E-state index is 0.221. The molecule has 1 atom stereocenters. The van der Waals surface area contributed by atoms with Gasteiger partial charge in [-0.15, -0.1) is 11.3 Å². The first-order valence-corrected chi connectivity index (χ1v) is 8.47. The first-order valence-electron chi connectivity index (χ1n) is 6.06. The fraction of sp³-hybridized carbons (Fsp3) is 0.286. The summed E-state index contributed by atoms with van der Waals surface area (Å²) in [5, 5.41) is 3.39. The lowest BCUT2D eigenvalue weighted by atomic mass is 10.0. The van der Waals surface area contributed by atoms with Gasteiger partial charge < -0.3 is 10.1 Å². The molecular weight excluding hydrogens is 390 g/mol. The van der Waals surface area contributed by atoms with E-state index >= 15 is 0 Å². The number of hydrogen-bond donors (Lipinski definition) is 1. The van der Waals surface area contributed by atoms with Gasteiger partial charge in [0, 0.05) is 15.8 Å².